The van der Waals surface area contributed by atoms with Crippen LogP contribution < -0.4 is 10.1 Å². The number of nitrogens with one attached hydrogen (secondary N) is 1. The van der Waals surface area contributed by atoms with Gasteiger partial charge < -0.3 is 15.2 Å². The summed E-state index contributed by atoms with van der Waals surface area (Å²) in [7, 11) is 0. The van der Waals surface area contributed by atoms with Crippen molar-refractivity contribution >= 4 is 5.97 Å². The van der Waals surface area contributed by atoms with Gasteiger partial charge in [0.05, 0.1) is 6.61 Å². The highest BCUT2D eigenvalue weighted by Gasteiger charge is 2.17. The zero-order chi connectivity index (χ0) is 15.0. The molecule has 2 N–H and O–H groups in total. The van der Waals surface area contributed by atoms with E-state index in [1.54, 1.807) is 0 Å². The number of ether oxygens (including phenoxy) is 1. The second-order valence-electron chi connectivity index (χ2n) is 5.39. The van der Waals surface area contributed by atoms with Gasteiger partial charge in [-0.05, 0) is 36.5 Å². The van der Waals surface area contributed by atoms with Crippen LogP contribution in [0, 0.1) is 5.92 Å². The molecule has 0 fully saturated rings. The van der Waals surface area contributed by atoms with Gasteiger partial charge in [-0.1, -0.05) is 32.9 Å². The molecule has 4 heteroatoms. The fourth-order valence-corrected chi connectivity index (χ4v) is 1.91. The summed E-state index contributed by atoms with van der Waals surface area (Å²) >= 11 is 0. The van der Waals surface area contributed by atoms with Crippen LogP contribution in [0.15, 0.2) is 24.3 Å². The molecule has 20 heavy (non-hydrogen) atoms. The molecule has 0 spiro atoms. The van der Waals surface area contributed by atoms with E-state index in [-0.39, 0.29) is 0 Å². The Kier molecular flexibility index (Phi) is 7.09. The smallest absolute Gasteiger partial charge is 0.320 e. The first kappa shape index (κ1) is 16.5. The van der Waals surface area contributed by atoms with Gasteiger partial charge in [-0.25, -0.2) is 0 Å². The van der Waals surface area contributed by atoms with Gasteiger partial charge in [0.25, 0.3) is 0 Å². The minimum atomic E-state index is -0.790. The zero-order valence-corrected chi connectivity index (χ0v) is 12.6. The molecule has 1 aromatic carbocycles. The predicted molar refractivity (Wildman–Crippen MR) is 79.9 cm³/mol. The number of hydrogen-bond donors (Lipinski definition) is 2. The Labute approximate surface area is 121 Å². The molecule has 0 saturated heterocycles. The van der Waals surface area contributed by atoms with E-state index in [9.17, 15) is 4.79 Å². The average Bonchev–Trinajstić information content (AvgIpc) is 2.41. The molecule has 112 valence electrons. The van der Waals surface area contributed by atoms with Crippen molar-refractivity contribution in [3.05, 3.63) is 29.8 Å². The third-order valence-corrected chi connectivity index (χ3v) is 2.95. The first-order chi connectivity index (χ1) is 9.52. The predicted octanol–water partition coefficient (Wildman–Crippen LogP) is 3.06. The van der Waals surface area contributed by atoms with Gasteiger partial charge in [-0.15, -0.1) is 0 Å². The van der Waals surface area contributed by atoms with E-state index in [1.807, 2.05) is 38.1 Å². The van der Waals surface area contributed by atoms with Crippen LogP contribution in [0.3, 0.4) is 0 Å². The molecule has 4 nitrogen and oxygen atoms in total. The fraction of sp³-hybridized carbons (Fsp3) is 0.562. The van der Waals surface area contributed by atoms with Crippen LogP contribution in [0.2, 0.25) is 0 Å². The van der Waals surface area contributed by atoms with Crippen molar-refractivity contribution in [3.8, 4) is 5.75 Å². The normalized spacial score (nSPS) is 12.4. The van der Waals surface area contributed by atoms with Crippen LogP contribution in [0.4, 0.5) is 0 Å². The second kappa shape index (κ2) is 8.59. The molecular formula is C16H25NO3. The molecule has 0 bridgehead atoms. The molecule has 1 atom stereocenters. The number of aliphatic carboxylic acids is 1. The largest absolute Gasteiger partial charge is 0.494 e. The molecule has 1 aromatic rings. The minimum Gasteiger partial charge on any atom is -0.494 e. The van der Waals surface area contributed by atoms with Crippen molar-refractivity contribution in [1.82, 2.24) is 5.32 Å². The molecule has 0 aliphatic rings. The summed E-state index contributed by atoms with van der Waals surface area (Å²) in [4.78, 5) is 11.1. The summed E-state index contributed by atoms with van der Waals surface area (Å²) in [6.45, 7) is 7.39. The Morgan fingerprint density at radius 2 is 1.95 bits per heavy atom. The molecule has 1 rings (SSSR count). The molecule has 0 heterocycles. The highest BCUT2D eigenvalue weighted by atomic mass is 16.5. The van der Waals surface area contributed by atoms with Gasteiger partial charge in [-0.2, -0.15) is 0 Å². The number of carbonyl (C=O) groups is 1. The monoisotopic (exact) mass is 279 g/mol. The van der Waals surface area contributed by atoms with Gasteiger partial charge in [0.2, 0.25) is 0 Å². The molecule has 0 aromatic heterocycles. The SMILES string of the molecule is CCCOc1ccc(CN[C@H](CC(C)C)C(=O)O)cc1. The third kappa shape index (κ3) is 6.06. The lowest BCUT2D eigenvalue weighted by molar-refractivity contribution is -0.140. The van der Waals surface area contributed by atoms with E-state index in [1.165, 1.54) is 0 Å². The van der Waals surface area contributed by atoms with Crippen molar-refractivity contribution in [2.24, 2.45) is 5.92 Å². The van der Waals surface area contributed by atoms with E-state index in [0.29, 0.717) is 25.5 Å². The Balaban J connectivity index is 2.49. The molecule has 0 unspecified atom stereocenters. The van der Waals surface area contributed by atoms with Crippen LogP contribution in [0.1, 0.15) is 39.2 Å². The Morgan fingerprint density at radius 3 is 2.45 bits per heavy atom. The maximum absolute atomic E-state index is 11.1. The van der Waals surface area contributed by atoms with Crippen molar-refractivity contribution in [3.63, 3.8) is 0 Å². The van der Waals surface area contributed by atoms with Crippen LogP contribution in [-0.4, -0.2) is 23.7 Å². The molecule has 0 aliphatic carbocycles. The second-order valence-corrected chi connectivity index (χ2v) is 5.39. The van der Waals surface area contributed by atoms with Gasteiger partial charge in [0.1, 0.15) is 11.8 Å². The number of benzene rings is 1. The summed E-state index contributed by atoms with van der Waals surface area (Å²) < 4.78 is 5.51. The van der Waals surface area contributed by atoms with Gasteiger partial charge >= 0.3 is 5.97 Å². The number of carboxylic acids is 1. The maximum atomic E-state index is 11.1. The Morgan fingerprint density at radius 1 is 1.30 bits per heavy atom. The summed E-state index contributed by atoms with van der Waals surface area (Å²) in [6, 6.07) is 7.28. The molecule has 0 aliphatic heterocycles. The Bertz CT molecular complexity index is 401. The average molecular weight is 279 g/mol. The lowest BCUT2D eigenvalue weighted by atomic mass is 10.0. The summed E-state index contributed by atoms with van der Waals surface area (Å²) in [5.41, 5.74) is 1.06. The maximum Gasteiger partial charge on any atom is 0.320 e. The molecule has 0 amide bonds. The van der Waals surface area contributed by atoms with Crippen molar-refractivity contribution in [2.75, 3.05) is 6.61 Å². The first-order valence-electron chi connectivity index (χ1n) is 7.20. The van der Waals surface area contributed by atoms with Crippen LogP contribution in [-0.2, 0) is 11.3 Å². The van der Waals surface area contributed by atoms with E-state index in [4.69, 9.17) is 9.84 Å². The fourth-order valence-electron chi connectivity index (χ4n) is 1.91. The highest BCUT2D eigenvalue weighted by molar-refractivity contribution is 5.73. The summed E-state index contributed by atoms with van der Waals surface area (Å²) in [5, 5.41) is 12.2. The first-order valence-corrected chi connectivity index (χ1v) is 7.20. The minimum absolute atomic E-state index is 0.355. The van der Waals surface area contributed by atoms with Gasteiger partial charge in [-0.3, -0.25) is 4.79 Å². The topological polar surface area (TPSA) is 58.6 Å². The standard InChI is InChI=1S/C16H25NO3/c1-4-9-20-14-7-5-13(6-8-14)11-17-15(16(18)19)10-12(2)3/h5-8,12,15,17H,4,9-11H2,1-3H3,(H,18,19)/t15-/m1/s1. The van der Waals surface area contributed by atoms with Crippen LogP contribution in [0.25, 0.3) is 0 Å². The highest BCUT2D eigenvalue weighted by Crippen LogP contribution is 2.13. The number of hydrogen-bond acceptors (Lipinski definition) is 3. The van der Waals surface area contributed by atoms with Crippen molar-refractivity contribution in [2.45, 2.75) is 46.2 Å². The van der Waals surface area contributed by atoms with Crippen LogP contribution >= 0.6 is 0 Å². The van der Waals surface area contributed by atoms with E-state index in [2.05, 4.69) is 12.2 Å². The summed E-state index contributed by atoms with van der Waals surface area (Å²) in [5.74, 6) is 0.419. The molecular weight excluding hydrogens is 254 g/mol. The molecule has 0 radical (unpaired) electrons. The van der Waals surface area contributed by atoms with E-state index >= 15 is 0 Å². The van der Waals surface area contributed by atoms with Gasteiger partial charge in [0, 0.05) is 6.54 Å². The van der Waals surface area contributed by atoms with Crippen molar-refractivity contribution < 1.29 is 14.6 Å². The third-order valence-electron chi connectivity index (χ3n) is 2.95. The summed E-state index contributed by atoms with van der Waals surface area (Å²) in [6.07, 6.45) is 1.62. The lowest BCUT2D eigenvalue weighted by Crippen LogP contribution is -2.37. The lowest BCUT2D eigenvalue weighted by Gasteiger charge is -2.16. The van der Waals surface area contributed by atoms with E-state index in [0.717, 1.165) is 17.7 Å². The van der Waals surface area contributed by atoms with Crippen molar-refractivity contribution in [1.29, 1.82) is 0 Å². The van der Waals surface area contributed by atoms with Gasteiger partial charge in [0.15, 0.2) is 0 Å². The quantitative estimate of drug-likeness (QED) is 0.729. The number of carboxylic acid groups (broad SMARTS) is 1. The Hall–Kier alpha value is -1.55. The van der Waals surface area contributed by atoms with E-state index < -0.39 is 12.0 Å². The number of rotatable bonds is 9. The molecule has 0 saturated carbocycles. The zero-order valence-electron chi connectivity index (χ0n) is 12.6. The van der Waals surface area contributed by atoms with Crippen LogP contribution in [0.5, 0.6) is 5.75 Å².